The molecule has 0 bridgehead atoms. The standard InChI is InChI=1S/C11H9F2N3O4/c1-2-20-8(17)4-6-3-7(5-14)11(16(18)19)15-9(6)10(12)13/h3,10H,2,4H2,1H3. The van der Waals surface area contributed by atoms with Crippen LogP contribution in [-0.4, -0.2) is 22.5 Å². The first-order valence-electron chi connectivity index (χ1n) is 5.42. The molecule has 0 atom stereocenters. The molecule has 0 aliphatic heterocycles. The highest BCUT2D eigenvalue weighted by molar-refractivity contribution is 5.73. The van der Waals surface area contributed by atoms with E-state index in [4.69, 9.17) is 5.26 Å². The molecule has 0 N–H and O–H groups in total. The van der Waals surface area contributed by atoms with Gasteiger partial charge < -0.3 is 14.9 Å². The average molecular weight is 285 g/mol. The SMILES string of the molecule is CCOC(=O)Cc1cc(C#N)c([N+](=O)[O-])nc1C(F)F. The van der Waals surface area contributed by atoms with Crippen molar-refractivity contribution >= 4 is 11.8 Å². The molecule has 7 nitrogen and oxygen atoms in total. The van der Waals surface area contributed by atoms with Crippen molar-refractivity contribution in [1.82, 2.24) is 4.98 Å². The van der Waals surface area contributed by atoms with Crippen LogP contribution in [-0.2, 0) is 16.0 Å². The third-order valence-electron chi connectivity index (χ3n) is 2.26. The van der Waals surface area contributed by atoms with Crippen molar-refractivity contribution in [2.75, 3.05) is 6.61 Å². The molecule has 1 aromatic heterocycles. The Balaban J connectivity index is 3.32. The number of rotatable bonds is 5. The summed E-state index contributed by atoms with van der Waals surface area (Å²) < 4.78 is 30.2. The first-order chi connectivity index (χ1) is 9.40. The zero-order valence-electron chi connectivity index (χ0n) is 10.3. The van der Waals surface area contributed by atoms with E-state index in [-0.39, 0.29) is 12.2 Å². The van der Waals surface area contributed by atoms with Crippen molar-refractivity contribution in [1.29, 1.82) is 5.26 Å². The Morgan fingerprint density at radius 2 is 2.30 bits per heavy atom. The number of ether oxygens (including phenoxy) is 1. The minimum absolute atomic E-state index is 0.0639. The fourth-order valence-corrected chi connectivity index (χ4v) is 1.48. The summed E-state index contributed by atoms with van der Waals surface area (Å²) in [5, 5.41) is 19.4. The zero-order chi connectivity index (χ0) is 15.3. The van der Waals surface area contributed by atoms with Crippen molar-refractivity contribution in [2.45, 2.75) is 19.8 Å². The summed E-state index contributed by atoms with van der Waals surface area (Å²) in [5.41, 5.74) is -1.65. The highest BCUT2D eigenvalue weighted by atomic mass is 19.3. The molecule has 1 rings (SSSR count). The monoisotopic (exact) mass is 285 g/mol. The Hall–Kier alpha value is -2.63. The lowest BCUT2D eigenvalue weighted by atomic mass is 10.1. The highest BCUT2D eigenvalue weighted by Crippen LogP contribution is 2.27. The Kier molecular flexibility index (Phi) is 5.02. The van der Waals surface area contributed by atoms with Crippen LogP contribution >= 0.6 is 0 Å². The van der Waals surface area contributed by atoms with E-state index in [1.807, 2.05) is 0 Å². The second-order valence-electron chi connectivity index (χ2n) is 3.56. The van der Waals surface area contributed by atoms with Crippen molar-refractivity contribution < 1.29 is 23.2 Å². The summed E-state index contributed by atoms with van der Waals surface area (Å²) in [7, 11) is 0. The second kappa shape index (κ2) is 6.51. The predicted octanol–water partition coefficient (Wildman–Crippen LogP) is 1.90. The van der Waals surface area contributed by atoms with Crippen molar-refractivity contribution in [2.24, 2.45) is 0 Å². The minimum Gasteiger partial charge on any atom is -0.466 e. The number of esters is 1. The first kappa shape index (κ1) is 15.4. The molecule has 0 unspecified atom stereocenters. The number of nitrogens with zero attached hydrogens (tertiary/aromatic N) is 3. The minimum atomic E-state index is -3.11. The molecule has 0 spiro atoms. The van der Waals surface area contributed by atoms with Gasteiger partial charge >= 0.3 is 18.2 Å². The smallest absolute Gasteiger partial charge is 0.381 e. The third kappa shape index (κ3) is 3.44. The molecule has 9 heteroatoms. The molecule has 0 amide bonds. The Bertz CT molecular complexity index is 584. The van der Waals surface area contributed by atoms with Crippen molar-refractivity contribution in [3.8, 4) is 6.07 Å². The average Bonchev–Trinajstić information content (AvgIpc) is 2.37. The number of nitro groups is 1. The lowest BCUT2D eigenvalue weighted by Crippen LogP contribution is -2.12. The fourth-order valence-electron chi connectivity index (χ4n) is 1.48. The number of carbonyl (C=O) groups excluding carboxylic acids is 1. The van der Waals surface area contributed by atoms with E-state index < -0.39 is 40.8 Å². The number of aromatic nitrogens is 1. The number of alkyl halides is 2. The van der Waals surface area contributed by atoms with Crippen LogP contribution in [0.4, 0.5) is 14.6 Å². The van der Waals surface area contributed by atoms with Crippen LogP contribution in [0.15, 0.2) is 6.07 Å². The Morgan fingerprint density at radius 1 is 1.65 bits per heavy atom. The van der Waals surface area contributed by atoms with Crippen LogP contribution in [0.1, 0.15) is 30.2 Å². The van der Waals surface area contributed by atoms with Crippen LogP contribution in [0, 0.1) is 21.4 Å². The summed E-state index contributed by atoms with van der Waals surface area (Å²) in [4.78, 5) is 24.1. The predicted molar refractivity (Wildman–Crippen MR) is 60.9 cm³/mol. The topological polar surface area (TPSA) is 106 Å². The number of hydrogen-bond acceptors (Lipinski definition) is 6. The number of hydrogen-bond donors (Lipinski definition) is 0. The van der Waals surface area contributed by atoms with E-state index in [0.717, 1.165) is 6.07 Å². The summed E-state index contributed by atoms with van der Waals surface area (Å²) in [6, 6.07) is 2.35. The van der Waals surface area contributed by atoms with Gasteiger partial charge in [0.2, 0.25) is 5.69 Å². The molecule has 0 fully saturated rings. The van der Waals surface area contributed by atoms with Gasteiger partial charge in [-0.1, -0.05) is 0 Å². The van der Waals surface area contributed by atoms with E-state index >= 15 is 0 Å². The lowest BCUT2D eigenvalue weighted by molar-refractivity contribution is -0.390. The molecule has 0 saturated heterocycles. The number of pyridine rings is 1. The molecule has 1 heterocycles. The zero-order valence-corrected chi connectivity index (χ0v) is 10.3. The highest BCUT2D eigenvalue weighted by Gasteiger charge is 2.28. The molecule has 0 radical (unpaired) electrons. The summed E-state index contributed by atoms with van der Waals surface area (Å²) in [5.74, 6) is -1.75. The maximum atomic E-state index is 12.8. The van der Waals surface area contributed by atoms with E-state index in [0.29, 0.717) is 0 Å². The molecule has 0 aromatic carbocycles. The van der Waals surface area contributed by atoms with Gasteiger partial charge in [0, 0.05) is 5.56 Å². The molecular weight excluding hydrogens is 276 g/mol. The van der Waals surface area contributed by atoms with Crippen molar-refractivity contribution in [3.63, 3.8) is 0 Å². The van der Waals surface area contributed by atoms with Gasteiger partial charge in [0.1, 0.15) is 11.6 Å². The van der Waals surface area contributed by atoms with E-state index in [1.165, 1.54) is 6.07 Å². The van der Waals surface area contributed by atoms with Crippen LogP contribution in [0.2, 0.25) is 0 Å². The van der Waals surface area contributed by atoms with Gasteiger partial charge in [-0.2, -0.15) is 5.26 Å². The Morgan fingerprint density at radius 3 is 2.75 bits per heavy atom. The normalized spacial score (nSPS) is 10.2. The van der Waals surface area contributed by atoms with Gasteiger partial charge in [0.15, 0.2) is 0 Å². The van der Waals surface area contributed by atoms with Crippen LogP contribution in [0.25, 0.3) is 0 Å². The number of nitriles is 1. The van der Waals surface area contributed by atoms with E-state index in [2.05, 4.69) is 9.72 Å². The quantitative estimate of drug-likeness (QED) is 0.464. The summed E-state index contributed by atoms with van der Waals surface area (Å²) in [6.07, 6.45) is -3.64. The number of carbonyl (C=O) groups is 1. The van der Waals surface area contributed by atoms with Gasteiger partial charge in [-0.05, 0) is 22.9 Å². The third-order valence-corrected chi connectivity index (χ3v) is 2.26. The maximum Gasteiger partial charge on any atom is 0.381 e. The van der Waals surface area contributed by atoms with Crippen LogP contribution in [0.5, 0.6) is 0 Å². The molecule has 106 valence electrons. The van der Waals surface area contributed by atoms with Crippen LogP contribution in [0.3, 0.4) is 0 Å². The van der Waals surface area contributed by atoms with Gasteiger partial charge in [-0.3, -0.25) is 4.79 Å². The summed E-state index contributed by atoms with van der Waals surface area (Å²) >= 11 is 0. The van der Waals surface area contributed by atoms with E-state index in [9.17, 15) is 23.7 Å². The van der Waals surface area contributed by atoms with Gasteiger partial charge in [0.05, 0.1) is 13.0 Å². The molecule has 1 aromatic rings. The molecule has 0 saturated carbocycles. The summed E-state index contributed by atoms with van der Waals surface area (Å²) in [6.45, 7) is 1.61. The molecule has 20 heavy (non-hydrogen) atoms. The fraction of sp³-hybridized carbons (Fsp3) is 0.364. The molecular formula is C11H9F2N3O4. The first-order valence-corrected chi connectivity index (χ1v) is 5.42. The second-order valence-corrected chi connectivity index (χ2v) is 3.56. The lowest BCUT2D eigenvalue weighted by Gasteiger charge is -2.06. The van der Waals surface area contributed by atoms with Crippen molar-refractivity contribution in [3.05, 3.63) is 33.0 Å². The van der Waals surface area contributed by atoms with Crippen LogP contribution < -0.4 is 0 Å². The van der Waals surface area contributed by atoms with Gasteiger partial charge in [-0.15, -0.1) is 0 Å². The number of halogens is 2. The van der Waals surface area contributed by atoms with E-state index in [1.54, 1.807) is 6.92 Å². The Labute approximate surface area is 111 Å². The molecule has 0 aliphatic rings. The van der Waals surface area contributed by atoms with Gasteiger partial charge in [0.25, 0.3) is 0 Å². The maximum absolute atomic E-state index is 12.8. The largest absolute Gasteiger partial charge is 0.466 e. The van der Waals surface area contributed by atoms with Gasteiger partial charge in [-0.25, -0.2) is 8.78 Å². The molecule has 0 aliphatic carbocycles.